The van der Waals surface area contributed by atoms with Crippen LogP contribution in [-0.4, -0.2) is 17.1 Å². The summed E-state index contributed by atoms with van der Waals surface area (Å²) < 4.78 is 0.647. The first-order valence-electron chi connectivity index (χ1n) is 5.27. The van der Waals surface area contributed by atoms with Gasteiger partial charge in [0.05, 0.1) is 5.69 Å². The summed E-state index contributed by atoms with van der Waals surface area (Å²) in [5.41, 5.74) is 1.19. The zero-order chi connectivity index (χ0) is 13.0. The average Bonchev–Trinajstić information content (AvgIpc) is 2.39. The number of aromatic nitrogens is 1. The first-order valence-corrected chi connectivity index (χ1v) is 7.29. The smallest absolute Gasteiger partial charge is 0.274 e. The van der Waals surface area contributed by atoms with Crippen LogP contribution >= 0.6 is 27.7 Å². The summed E-state index contributed by atoms with van der Waals surface area (Å²) in [6.45, 7) is 0. The molecule has 0 saturated heterocycles. The first-order chi connectivity index (χ1) is 8.70. The molecule has 1 aromatic carbocycles. The molecule has 0 aliphatic heterocycles. The van der Waals surface area contributed by atoms with Crippen LogP contribution in [0.25, 0.3) is 0 Å². The number of halogens is 1. The number of hydrogen-bond acceptors (Lipinski definition) is 3. The number of nitrogens with one attached hydrogen (secondary N) is 1. The van der Waals surface area contributed by atoms with Gasteiger partial charge in [0.2, 0.25) is 0 Å². The molecular weight excluding hydrogens is 312 g/mol. The van der Waals surface area contributed by atoms with E-state index in [1.54, 1.807) is 30.0 Å². The Bertz CT molecular complexity index is 574. The highest BCUT2D eigenvalue weighted by atomic mass is 79.9. The monoisotopic (exact) mass is 322 g/mol. The topological polar surface area (TPSA) is 42.0 Å². The highest BCUT2D eigenvalue weighted by molar-refractivity contribution is 9.10. The van der Waals surface area contributed by atoms with E-state index >= 15 is 0 Å². The van der Waals surface area contributed by atoms with E-state index in [9.17, 15) is 4.79 Å². The largest absolute Gasteiger partial charge is 0.320 e. The third kappa shape index (κ3) is 3.11. The standard InChI is InChI=1S/C13H11BrN2OS/c1-18-11-7-3-2-5-9(11)16-13(17)10-6-4-8-12(14)15-10/h2-8H,1H3,(H,16,17). The van der Waals surface area contributed by atoms with Gasteiger partial charge in [-0.1, -0.05) is 18.2 Å². The Balaban J connectivity index is 2.21. The van der Waals surface area contributed by atoms with Crippen molar-refractivity contribution in [1.29, 1.82) is 0 Å². The third-order valence-electron chi connectivity index (χ3n) is 2.30. The minimum absolute atomic E-state index is 0.210. The fourth-order valence-electron chi connectivity index (χ4n) is 1.47. The van der Waals surface area contributed by atoms with Crippen LogP contribution in [0.5, 0.6) is 0 Å². The van der Waals surface area contributed by atoms with E-state index in [4.69, 9.17) is 0 Å². The lowest BCUT2D eigenvalue weighted by Gasteiger charge is -2.08. The number of pyridine rings is 1. The number of para-hydroxylation sites is 1. The molecule has 1 aromatic heterocycles. The molecule has 2 rings (SSSR count). The number of benzene rings is 1. The molecule has 0 unspecified atom stereocenters. The third-order valence-corrected chi connectivity index (χ3v) is 3.54. The van der Waals surface area contributed by atoms with E-state index in [0.717, 1.165) is 10.6 Å². The maximum absolute atomic E-state index is 12.0. The summed E-state index contributed by atoms with van der Waals surface area (Å²) in [4.78, 5) is 17.2. The van der Waals surface area contributed by atoms with Gasteiger partial charge in [-0.15, -0.1) is 11.8 Å². The summed E-state index contributed by atoms with van der Waals surface area (Å²) in [6, 6.07) is 12.9. The molecule has 1 N–H and O–H groups in total. The van der Waals surface area contributed by atoms with Crippen LogP contribution < -0.4 is 5.32 Å². The van der Waals surface area contributed by atoms with Gasteiger partial charge < -0.3 is 5.32 Å². The molecule has 0 fully saturated rings. The zero-order valence-electron chi connectivity index (χ0n) is 9.68. The summed E-state index contributed by atoms with van der Waals surface area (Å²) in [5, 5.41) is 2.86. The highest BCUT2D eigenvalue weighted by Gasteiger charge is 2.09. The van der Waals surface area contributed by atoms with Crippen molar-refractivity contribution in [1.82, 2.24) is 4.98 Å². The van der Waals surface area contributed by atoms with Gasteiger partial charge in [-0.05, 0) is 46.5 Å². The normalized spacial score (nSPS) is 10.1. The molecule has 0 aliphatic carbocycles. The predicted molar refractivity (Wildman–Crippen MR) is 78.1 cm³/mol. The summed E-state index contributed by atoms with van der Waals surface area (Å²) in [6.07, 6.45) is 1.97. The second-order valence-corrected chi connectivity index (χ2v) is 5.16. The van der Waals surface area contributed by atoms with Gasteiger partial charge in [-0.25, -0.2) is 4.98 Å². The molecule has 92 valence electrons. The maximum Gasteiger partial charge on any atom is 0.274 e. The van der Waals surface area contributed by atoms with Crippen LogP contribution in [0, 0.1) is 0 Å². The molecule has 0 radical (unpaired) electrons. The van der Waals surface area contributed by atoms with Crippen molar-refractivity contribution >= 4 is 39.3 Å². The number of carbonyl (C=O) groups is 1. The molecule has 1 amide bonds. The van der Waals surface area contributed by atoms with E-state index in [-0.39, 0.29) is 5.91 Å². The molecule has 5 heteroatoms. The van der Waals surface area contributed by atoms with Crippen LogP contribution in [0.3, 0.4) is 0 Å². The van der Waals surface area contributed by atoms with Crippen molar-refractivity contribution in [2.24, 2.45) is 0 Å². The number of hydrogen-bond donors (Lipinski definition) is 1. The van der Waals surface area contributed by atoms with E-state index in [2.05, 4.69) is 26.2 Å². The van der Waals surface area contributed by atoms with Crippen molar-refractivity contribution in [2.75, 3.05) is 11.6 Å². The first kappa shape index (κ1) is 13.1. The Labute approximate surface area is 118 Å². The molecule has 2 aromatic rings. The molecule has 0 spiro atoms. The Morgan fingerprint density at radius 3 is 2.72 bits per heavy atom. The molecule has 0 atom stereocenters. The van der Waals surface area contributed by atoms with E-state index in [1.807, 2.05) is 30.5 Å². The van der Waals surface area contributed by atoms with Gasteiger partial charge in [0.15, 0.2) is 0 Å². The Morgan fingerprint density at radius 1 is 1.22 bits per heavy atom. The molecule has 0 aliphatic rings. The van der Waals surface area contributed by atoms with Gasteiger partial charge in [0.1, 0.15) is 10.3 Å². The van der Waals surface area contributed by atoms with Gasteiger partial charge in [-0.2, -0.15) is 0 Å². The van der Waals surface area contributed by atoms with Crippen LogP contribution in [0.1, 0.15) is 10.5 Å². The number of rotatable bonds is 3. The van der Waals surface area contributed by atoms with Crippen molar-refractivity contribution in [3.05, 3.63) is 52.8 Å². The highest BCUT2D eigenvalue weighted by Crippen LogP contribution is 2.24. The minimum atomic E-state index is -0.210. The van der Waals surface area contributed by atoms with Crippen molar-refractivity contribution < 1.29 is 4.79 Å². The Hall–Kier alpha value is -1.33. The second kappa shape index (κ2) is 6.02. The zero-order valence-corrected chi connectivity index (χ0v) is 12.1. The SMILES string of the molecule is CSc1ccccc1NC(=O)c1cccc(Br)n1. The molecular formula is C13H11BrN2OS. The quantitative estimate of drug-likeness (QED) is 0.690. The lowest BCUT2D eigenvalue weighted by molar-refractivity contribution is 0.102. The van der Waals surface area contributed by atoms with Crippen LogP contribution in [0.15, 0.2) is 52.0 Å². The van der Waals surface area contributed by atoms with Crippen LogP contribution in [0.2, 0.25) is 0 Å². The van der Waals surface area contributed by atoms with E-state index in [1.165, 1.54) is 0 Å². The van der Waals surface area contributed by atoms with Gasteiger partial charge in [-0.3, -0.25) is 4.79 Å². The molecule has 0 bridgehead atoms. The fourth-order valence-corrected chi connectivity index (χ4v) is 2.37. The number of amides is 1. The average molecular weight is 323 g/mol. The van der Waals surface area contributed by atoms with Gasteiger partial charge in [0.25, 0.3) is 5.91 Å². The lowest BCUT2D eigenvalue weighted by atomic mass is 10.3. The Kier molecular flexibility index (Phi) is 4.38. The summed E-state index contributed by atoms with van der Waals surface area (Å²) in [5.74, 6) is -0.210. The van der Waals surface area contributed by atoms with Crippen LogP contribution in [-0.2, 0) is 0 Å². The predicted octanol–water partition coefficient (Wildman–Crippen LogP) is 3.82. The summed E-state index contributed by atoms with van der Waals surface area (Å²) >= 11 is 4.84. The van der Waals surface area contributed by atoms with Crippen molar-refractivity contribution in [3.63, 3.8) is 0 Å². The van der Waals surface area contributed by atoms with Crippen molar-refractivity contribution in [2.45, 2.75) is 4.90 Å². The second-order valence-electron chi connectivity index (χ2n) is 3.50. The van der Waals surface area contributed by atoms with Gasteiger partial charge >= 0.3 is 0 Å². The van der Waals surface area contributed by atoms with Gasteiger partial charge in [0, 0.05) is 4.90 Å². The number of thioether (sulfide) groups is 1. The maximum atomic E-state index is 12.0. The minimum Gasteiger partial charge on any atom is -0.320 e. The number of nitrogens with zero attached hydrogens (tertiary/aromatic N) is 1. The molecule has 0 saturated carbocycles. The molecule has 3 nitrogen and oxygen atoms in total. The lowest BCUT2D eigenvalue weighted by Crippen LogP contribution is -2.14. The molecule has 1 heterocycles. The van der Waals surface area contributed by atoms with Crippen molar-refractivity contribution in [3.8, 4) is 0 Å². The number of anilines is 1. The van der Waals surface area contributed by atoms with E-state index < -0.39 is 0 Å². The van der Waals surface area contributed by atoms with E-state index in [0.29, 0.717) is 10.3 Å². The summed E-state index contributed by atoms with van der Waals surface area (Å²) in [7, 11) is 0. The Morgan fingerprint density at radius 2 is 2.00 bits per heavy atom. The van der Waals surface area contributed by atoms with Crippen LogP contribution in [0.4, 0.5) is 5.69 Å². The molecule has 18 heavy (non-hydrogen) atoms. The number of carbonyl (C=O) groups excluding carboxylic acids is 1. The fraction of sp³-hybridized carbons (Fsp3) is 0.0769.